The molecule has 5 rings (SSSR count). The fraction of sp³-hybridized carbons (Fsp3) is 0.222. The van der Waals surface area contributed by atoms with Crippen molar-refractivity contribution in [2.45, 2.75) is 32.4 Å². The van der Waals surface area contributed by atoms with Crippen LogP contribution in [-0.2, 0) is 24.4 Å². The van der Waals surface area contributed by atoms with Crippen molar-refractivity contribution in [2.24, 2.45) is 0 Å². The van der Waals surface area contributed by atoms with Crippen LogP contribution in [0.2, 0.25) is 5.02 Å². The number of aryl methyl sites for hydroxylation is 1. The third-order valence-electron chi connectivity index (χ3n) is 6.45. The molecule has 0 spiro atoms. The second-order valence-corrected chi connectivity index (χ2v) is 10.0. The number of H-pyrrole nitrogens is 1. The number of aromatic amines is 1. The van der Waals surface area contributed by atoms with Gasteiger partial charge in [0.15, 0.2) is 17.5 Å². The van der Waals surface area contributed by atoms with Crippen LogP contribution < -0.4 is 22.3 Å². The highest BCUT2D eigenvalue weighted by atomic mass is 35.5. The molecule has 0 radical (unpaired) electrons. The van der Waals surface area contributed by atoms with Gasteiger partial charge >= 0.3 is 17.7 Å². The number of nitrogens with one attached hydrogen (secondary N) is 2. The van der Waals surface area contributed by atoms with E-state index in [1.165, 1.54) is 41.3 Å². The van der Waals surface area contributed by atoms with Crippen LogP contribution in [0.1, 0.15) is 17.5 Å². The smallest absolute Gasteiger partial charge is 0.329 e. The van der Waals surface area contributed by atoms with Gasteiger partial charge in [0.1, 0.15) is 0 Å². The molecule has 0 aliphatic heterocycles. The molecule has 0 fully saturated rings. The average molecular weight is 656 g/mol. The molecule has 0 aliphatic carbocycles. The lowest BCUT2D eigenvalue weighted by Gasteiger charge is -2.16. The highest BCUT2D eigenvalue weighted by Crippen LogP contribution is 2.30. The van der Waals surface area contributed by atoms with Crippen molar-refractivity contribution in [1.29, 1.82) is 0 Å². The van der Waals surface area contributed by atoms with Crippen LogP contribution >= 0.6 is 11.6 Å². The predicted octanol–water partition coefficient (Wildman–Crippen LogP) is 4.28. The minimum absolute atomic E-state index is 0.00174. The molecule has 0 bridgehead atoms. The minimum Gasteiger partial charge on any atom is -0.329 e. The summed E-state index contributed by atoms with van der Waals surface area (Å²) >= 11 is 6.41. The van der Waals surface area contributed by atoms with Gasteiger partial charge < -0.3 is 10.3 Å². The van der Waals surface area contributed by atoms with Gasteiger partial charge in [-0.3, -0.25) is 18.8 Å². The zero-order valence-corrected chi connectivity index (χ0v) is 23.4. The topological polar surface area (TPSA) is 129 Å². The number of hydrogen-bond donors (Lipinski definition) is 2. The number of nitrogens with zero attached hydrogens (tertiary/aromatic N) is 5. The van der Waals surface area contributed by atoms with Gasteiger partial charge in [0.25, 0.3) is 5.56 Å². The number of hydrogen-bond acceptors (Lipinski definition) is 7. The molecule has 0 amide bonds. The Balaban J connectivity index is 1.52. The Bertz CT molecular complexity index is 2050. The Hall–Kier alpha value is -4.90. The minimum atomic E-state index is -4.75. The van der Waals surface area contributed by atoms with E-state index in [0.29, 0.717) is 27.6 Å². The normalized spacial score (nSPS) is 11.8. The van der Waals surface area contributed by atoms with Crippen molar-refractivity contribution < 1.29 is 31.1 Å². The maximum Gasteiger partial charge on any atom is 0.522 e. The molecule has 0 atom stereocenters. The second-order valence-electron chi connectivity index (χ2n) is 9.63. The maximum absolute atomic E-state index is 14.0. The third kappa shape index (κ3) is 7.26. The van der Waals surface area contributed by atoms with Crippen LogP contribution in [0, 0.1) is 17.5 Å². The Kier molecular flexibility index (Phi) is 8.83. The first-order valence-electron chi connectivity index (χ1n) is 12.9. The zero-order chi connectivity index (χ0) is 32.5. The van der Waals surface area contributed by atoms with Crippen molar-refractivity contribution in [3.63, 3.8) is 0 Å². The highest BCUT2D eigenvalue weighted by Gasteiger charge is 2.28. The number of halogens is 7. The Labute approximate surface area is 252 Å². The van der Waals surface area contributed by atoms with Gasteiger partial charge in [0.2, 0.25) is 5.95 Å². The quantitative estimate of drug-likeness (QED) is 0.131. The van der Waals surface area contributed by atoms with E-state index in [2.05, 4.69) is 25.1 Å². The summed E-state index contributed by atoms with van der Waals surface area (Å²) in [5.74, 6) is -5.16. The fourth-order valence-electron chi connectivity index (χ4n) is 4.38. The third-order valence-corrected chi connectivity index (χ3v) is 6.76. The van der Waals surface area contributed by atoms with E-state index >= 15 is 0 Å². The van der Waals surface area contributed by atoms with Crippen molar-refractivity contribution in [3.05, 3.63) is 114 Å². The van der Waals surface area contributed by atoms with E-state index in [9.17, 15) is 40.7 Å². The summed E-state index contributed by atoms with van der Waals surface area (Å²) in [6.45, 7) is -1.58. The monoisotopic (exact) mass is 655 g/mol. The van der Waals surface area contributed by atoms with Gasteiger partial charge in [-0.15, -0.1) is 13.2 Å². The first kappa shape index (κ1) is 31.5. The molecule has 3 heterocycles. The van der Waals surface area contributed by atoms with E-state index < -0.39 is 66.4 Å². The molecule has 0 saturated heterocycles. The summed E-state index contributed by atoms with van der Waals surface area (Å²) in [5, 5.41) is 7.50. The summed E-state index contributed by atoms with van der Waals surface area (Å²) in [6, 6.07) is 7.07. The van der Waals surface area contributed by atoms with Crippen LogP contribution in [0.4, 0.5) is 38.0 Å². The summed E-state index contributed by atoms with van der Waals surface area (Å²) in [7, 11) is 0. The highest BCUT2D eigenvalue weighted by molar-refractivity contribution is 6.34. The van der Waals surface area contributed by atoms with Gasteiger partial charge in [0, 0.05) is 29.9 Å². The molecular formula is C27H20ClF6N7O4. The van der Waals surface area contributed by atoms with E-state index in [1.807, 2.05) is 0 Å². The van der Waals surface area contributed by atoms with Crippen molar-refractivity contribution >= 4 is 34.1 Å². The van der Waals surface area contributed by atoms with Crippen LogP contribution in [0.5, 0.6) is 0 Å². The van der Waals surface area contributed by atoms with Crippen LogP contribution in [0.25, 0.3) is 10.9 Å². The van der Waals surface area contributed by atoms with Gasteiger partial charge in [-0.1, -0.05) is 17.7 Å². The summed E-state index contributed by atoms with van der Waals surface area (Å²) in [5.41, 5.74) is -2.36. The molecular weight excluding hydrogens is 636 g/mol. The van der Waals surface area contributed by atoms with Crippen LogP contribution in [0.3, 0.4) is 0 Å². The maximum atomic E-state index is 14.0. The number of benzene rings is 2. The van der Waals surface area contributed by atoms with Crippen molar-refractivity contribution in [2.75, 3.05) is 11.9 Å². The Morgan fingerprint density at radius 2 is 1.73 bits per heavy atom. The van der Waals surface area contributed by atoms with Crippen molar-refractivity contribution in [1.82, 2.24) is 28.9 Å². The fourth-order valence-corrected chi connectivity index (χ4v) is 4.58. The first-order chi connectivity index (χ1) is 21.3. The van der Waals surface area contributed by atoms with Crippen LogP contribution in [-0.4, -0.2) is 41.9 Å². The first-order valence-corrected chi connectivity index (χ1v) is 13.3. The number of pyridine rings is 1. The molecule has 45 heavy (non-hydrogen) atoms. The molecule has 2 N–H and O–H groups in total. The number of aromatic nitrogens is 6. The van der Waals surface area contributed by atoms with E-state index in [0.717, 1.165) is 4.57 Å². The van der Waals surface area contributed by atoms with E-state index in [1.54, 1.807) is 0 Å². The standard InChI is InChI=1S/C27H20ClF6N7O4/c28-17-10-20-16(12-39(38-20)5-2-6-45-27(32,33)34)9-21(17)36-24-37-25(43)41(13-15-3-1-4-35-23(15)42)26(44)40(24)11-14-7-18(29)22(31)19(30)8-14/h1,3-4,7-10,12H,2,5-6,11,13H2,(H,35,42)(H,36,37,43). The SMILES string of the molecule is O=c1[nH]cccc1Cn1c(=O)nc(Nc2cc3cn(CCCOC(F)(F)F)nc3cc2Cl)n(Cc2cc(F)c(F)c(F)c2)c1=O. The predicted molar refractivity (Wildman–Crippen MR) is 149 cm³/mol. The molecule has 236 valence electrons. The molecule has 2 aromatic carbocycles. The average Bonchev–Trinajstić information content (AvgIpc) is 3.36. The molecule has 11 nitrogen and oxygen atoms in total. The Morgan fingerprint density at radius 1 is 1.00 bits per heavy atom. The summed E-state index contributed by atoms with van der Waals surface area (Å²) < 4.78 is 84.9. The van der Waals surface area contributed by atoms with E-state index in [-0.39, 0.29) is 34.8 Å². The van der Waals surface area contributed by atoms with Gasteiger partial charge in [-0.2, -0.15) is 10.1 Å². The number of fused-ring (bicyclic) bond motifs is 1. The number of rotatable bonds is 10. The van der Waals surface area contributed by atoms with Crippen molar-refractivity contribution in [3.8, 4) is 0 Å². The van der Waals surface area contributed by atoms with Gasteiger partial charge in [-0.05, 0) is 42.3 Å². The molecule has 5 aromatic rings. The lowest BCUT2D eigenvalue weighted by molar-refractivity contribution is -0.324. The molecule has 0 saturated carbocycles. The lowest BCUT2D eigenvalue weighted by atomic mass is 10.2. The largest absolute Gasteiger partial charge is 0.522 e. The number of anilines is 2. The molecule has 0 unspecified atom stereocenters. The van der Waals surface area contributed by atoms with E-state index in [4.69, 9.17) is 11.6 Å². The summed E-state index contributed by atoms with van der Waals surface area (Å²) in [4.78, 5) is 45.1. The molecule has 3 aromatic heterocycles. The lowest BCUT2D eigenvalue weighted by Crippen LogP contribution is -2.43. The number of alkyl halides is 3. The number of ether oxygens (including phenoxy) is 1. The Morgan fingerprint density at radius 3 is 2.42 bits per heavy atom. The van der Waals surface area contributed by atoms with Gasteiger partial charge in [0.05, 0.1) is 35.9 Å². The molecule has 0 aliphatic rings. The van der Waals surface area contributed by atoms with Gasteiger partial charge in [-0.25, -0.2) is 27.3 Å². The second kappa shape index (κ2) is 12.6. The zero-order valence-electron chi connectivity index (χ0n) is 22.7. The molecule has 18 heteroatoms. The van der Waals surface area contributed by atoms with Crippen LogP contribution in [0.15, 0.2) is 63.2 Å². The summed E-state index contributed by atoms with van der Waals surface area (Å²) in [6.07, 6.45) is -1.89.